The molecule has 4 aromatic carbocycles. The van der Waals surface area contributed by atoms with E-state index in [1.54, 1.807) is 42.6 Å². The molecule has 1 fully saturated rings. The van der Waals surface area contributed by atoms with Gasteiger partial charge >= 0.3 is 0 Å². The number of aliphatic hydroxyl groups is 4. The van der Waals surface area contributed by atoms with Crippen LogP contribution in [0.5, 0.6) is 0 Å². The smallest absolute Gasteiger partial charge is 0.248 e. The van der Waals surface area contributed by atoms with Gasteiger partial charge in [-0.2, -0.15) is 0 Å². The van der Waals surface area contributed by atoms with Gasteiger partial charge in [0.15, 0.2) is 0 Å². The van der Waals surface area contributed by atoms with E-state index >= 15 is 0 Å². The van der Waals surface area contributed by atoms with Gasteiger partial charge in [0.05, 0.1) is 97.2 Å². The second kappa shape index (κ2) is 39.7. The first-order valence-corrected chi connectivity index (χ1v) is 39.6. The fourth-order valence-electron chi connectivity index (χ4n) is 12.2. The van der Waals surface area contributed by atoms with Crippen molar-refractivity contribution in [3.8, 4) is 0 Å². The summed E-state index contributed by atoms with van der Waals surface area (Å²) in [7, 11) is 0. The van der Waals surface area contributed by atoms with E-state index in [0.717, 1.165) is 102 Å². The maximum atomic E-state index is 13.7. The number of rotatable bonds is 24. The summed E-state index contributed by atoms with van der Waals surface area (Å²) in [6.45, 7) is 6.85. The second-order valence-corrected chi connectivity index (χ2v) is 32.0. The first kappa shape index (κ1) is 83.4. The molecule has 4 aromatic heterocycles. The molecule has 5 atom stereocenters. The molecule has 4 aliphatic carbocycles. The third-order valence-electron chi connectivity index (χ3n) is 18.4. The average molecular weight is 1640 g/mol. The monoisotopic (exact) mass is 1630 g/mol. The standard InChI is InChI=1S/C23H26ClN3O2S.C19H19ClFN3O2S.C19H20ClN3O2S.C18H17ClFN3O2S/c1-14-20(13-28)30-23(26-14)21(19-4-2-3-11-25-19)27-22(29)17-6-5-16(12-17)15-7-9-18(24)10-8-15;1-10-17(9-25)27-19(23-10)16(8-22)24-18(26)13-3-2-11(6-13)12-4-5-14(20)15(21)7-12;1-11-17(10-24)26-19(22-11)16(9-21)23-18(25)14-3-2-13(8-14)12-4-6-15(20)7-5-12;19-14-4-3-11(6-15(14)20)10-1-2-12(5-10)17(25)23-16(7-21)18-22-8-13(9-24)26-18/h5-10,19,21,25,28H,2-4,11-13H2,1H3,(H,27,29);2-5,7,16,25H,6,8-9,22H2,1H3,(H,24,26);2-7,16,24H,8-10,21H2,1H3,(H,23,25);1-4,6,8,16,24H,5,7,9,21H2,(H,23,25). The van der Waals surface area contributed by atoms with Crippen molar-refractivity contribution < 1.29 is 48.4 Å². The van der Waals surface area contributed by atoms with Gasteiger partial charge in [0.25, 0.3) is 0 Å². The van der Waals surface area contributed by atoms with Crippen LogP contribution in [0.4, 0.5) is 8.78 Å². The zero-order valence-electron chi connectivity index (χ0n) is 59.6. The number of benzene rings is 4. The van der Waals surface area contributed by atoms with Crippen LogP contribution in [0.15, 0.2) is 162 Å². The molecule has 5 unspecified atom stereocenters. The summed E-state index contributed by atoms with van der Waals surface area (Å²) in [6.07, 6.45) is 21.5. The minimum atomic E-state index is -0.491. The summed E-state index contributed by atoms with van der Waals surface area (Å²) in [5.74, 6) is -1.69. The van der Waals surface area contributed by atoms with Gasteiger partial charge in [0.1, 0.15) is 31.7 Å². The summed E-state index contributed by atoms with van der Waals surface area (Å²) in [5, 5.41) is 57.2. The number of piperidine rings is 1. The molecule has 1 aliphatic heterocycles. The number of carbonyl (C=O) groups excluding carboxylic acids is 4. The van der Waals surface area contributed by atoms with Crippen LogP contribution in [-0.4, -0.2) is 96.2 Å². The van der Waals surface area contributed by atoms with E-state index < -0.39 is 23.7 Å². The number of hydrogen-bond donors (Lipinski definition) is 12. The fraction of sp³-hybridized carbons (Fsp3) is 0.291. The Morgan fingerprint density at radius 1 is 0.477 bits per heavy atom. The van der Waals surface area contributed by atoms with E-state index in [1.807, 2.05) is 93.6 Å². The molecule has 20 nitrogen and oxygen atoms in total. The summed E-state index contributed by atoms with van der Waals surface area (Å²) >= 11 is 28.8. The normalized spacial score (nSPS) is 16.2. The number of nitrogens with two attached hydrogens (primary N) is 3. The van der Waals surface area contributed by atoms with Crippen LogP contribution in [0.25, 0.3) is 22.3 Å². The van der Waals surface area contributed by atoms with E-state index in [4.69, 9.17) is 68.7 Å². The van der Waals surface area contributed by atoms with Crippen molar-refractivity contribution in [2.75, 3.05) is 26.2 Å². The maximum absolute atomic E-state index is 13.7. The fourth-order valence-corrected chi connectivity index (χ4v) is 16.5. The molecule has 109 heavy (non-hydrogen) atoms. The summed E-state index contributed by atoms with van der Waals surface area (Å²) in [5.41, 5.74) is 29.6. The summed E-state index contributed by atoms with van der Waals surface area (Å²) < 4.78 is 27.3. The molecule has 15 N–H and O–H groups in total. The molecule has 0 bridgehead atoms. The van der Waals surface area contributed by atoms with Crippen LogP contribution < -0.4 is 43.8 Å². The zero-order valence-corrected chi connectivity index (χ0v) is 65.9. The minimum absolute atomic E-state index is 0.0260. The van der Waals surface area contributed by atoms with E-state index in [2.05, 4.69) is 46.5 Å². The van der Waals surface area contributed by atoms with Gasteiger partial charge in [-0.25, -0.2) is 28.7 Å². The third kappa shape index (κ3) is 21.9. The first-order chi connectivity index (χ1) is 52.5. The van der Waals surface area contributed by atoms with Crippen LogP contribution in [0.3, 0.4) is 0 Å². The Balaban J connectivity index is 0.000000155. The molecular weight excluding hydrogens is 1550 g/mol. The van der Waals surface area contributed by atoms with Gasteiger partial charge in [-0.3, -0.25) is 19.2 Å². The molecule has 0 spiro atoms. The van der Waals surface area contributed by atoms with Crippen LogP contribution in [0.2, 0.25) is 20.1 Å². The molecule has 5 heterocycles. The van der Waals surface area contributed by atoms with Crippen molar-refractivity contribution in [1.82, 2.24) is 46.5 Å². The van der Waals surface area contributed by atoms with Gasteiger partial charge < -0.3 is 64.2 Å². The number of aliphatic hydroxyl groups excluding tert-OH is 4. The van der Waals surface area contributed by atoms with Gasteiger partial charge in [-0.15, -0.1) is 45.3 Å². The number of aromatic nitrogens is 4. The molecule has 1 saturated heterocycles. The van der Waals surface area contributed by atoms with Gasteiger partial charge in [0, 0.05) is 89.9 Å². The highest BCUT2D eigenvalue weighted by Gasteiger charge is 2.32. The maximum Gasteiger partial charge on any atom is 0.248 e. The first-order valence-electron chi connectivity index (χ1n) is 34.9. The number of hydrogen-bond acceptors (Lipinski definition) is 20. The van der Waals surface area contributed by atoms with Crippen LogP contribution in [-0.2, 0) is 45.6 Å². The highest BCUT2D eigenvalue weighted by molar-refractivity contribution is 7.12. The van der Waals surface area contributed by atoms with Crippen molar-refractivity contribution >= 4 is 138 Å². The van der Waals surface area contributed by atoms with E-state index in [0.29, 0.717) is 83.5 Å². The van der Waals surface area contributed by atoms with E-state index in [1.165, 1.54) is 69.6 Å². The molecule has 30 heteroatoms. The average Bonchev–Trinajstić information content (AvgIpc) is 1.74. The largest absolute Gasteiger partial charge is 0.391 e. The number of carbonyl (C=O) groups is 4. The molecule has 572 valence electrons. The number of halogens is 6. The molecule has 0 radical (unpaired) electrons. The predicted octanol–water partition coefficient (Wildman–Crippen LogP) is 13.7. The van der Waals surface area contributed by atoms with Crippen LogP contribution >= 0.6 is 91.8 Å². The lowest BCUT2D eigenvalue weighted by Gasteiger charge is -2.31. The topological polar surface area (TPSA) is 339 Å². The van der Waals surface area contributed by atoms with Gasteiger partial charge in [0.2, 0.25) is 23.6 Å². The summed E-state index contributed by atoms with van der Waals surface area (Å²) in [4.78, 5) is 71.7. The Morgan fingerprint density at radius 3 is 1.17 bits per heavy atom. The lowest BCUT2D eigenvalue weighted by atomic mass is 9.97. The van der Waals surface area contributed by atoms with Gasteiger partial charge in [-0.05, 0) is 133 Å². The van der Waals surface area contributed by atoms with Crippen molar-refractivity contribution in [3.63, 3.8) is 0 Å². The van der Waals surface area contributed by atoms with Crippen LogP contribution in [0, 0.1) is 32.4 Å². The number of allylic oxidation sites excluding steroid dienone is 12. The predicted molar refractivity (Wildman–Crippen MR) is 431 cm³/mol. The molecule has 8 aromatic rings. The quantitative estimate of drug-likeness (QED) is 0.0267. The number of thiazole rings is 4. The van der Waals surface area contributed by atoms with E-state index in [9.17, 15) is 43.3 Å². The highest BCUT2D eigenvalue weighted by atomic mass is 35.5. The Bertz CT molecular complexity index is 4890. The number of nitrogens with zero attached hydrogens (tertiary/aromatic N) is 4. The lowest BCUT2D eigenvalue weighted by Crippen LogP contribution is -2.46. The zero-order chi connectivity index (χ0) is 78.0. The highest BCUT2D eigenvalue weighted by Crippen LogP contribution is 2.37. The summed E-state index contributed by atoms with van der Waals surface area (Å²) in [6, 6.07) is 23.1. The third-order valence-corrected chi connectivity index (χ3v) is 24.3. The molecule has 13 rings (SSSR count). The van der Waals surface area contributed by atoms with E-state index in [-0.39, 0.29) is 97.9 Å². The van der Waals surface area contributed by atoms with Crippen molar-refractivity contribution in [1.29, 1.82) is 0 Å². The lowest BCUT2D eigenvalue weighted by molar-refractivity contribution is -0.119. The Hall–Kier alpha value is -8.10. The molecule has 4 amide bonds. The Kier molecular flexibility index (Phi) is 30.4. The van der Waals surface area contributed by atoms with Crippen molar-refractivity contribution in [2.24, 2.45) is 17.2 Å². The van der Waals surface area contributed by atoms with Crippen LogP contribution in [0.1, 0.15) is 148 Å². The van der Waals surface area contributed by atoms with Crippen molar-refractivity contribution in [3.05, 3.63) is 273 Å². The Morgan fingerprint density at radius 2 is 0.835 bits per heavy atom. The second-order valence-electron chi connectivity index (χ2n) is 25.8. The number of nitrogens with one attached hydrogen (secondary N) is 5. The molecule has 5 aliphatic rings. The van der Waals surface area contributed by atoms with Gasteiger partial charge in [-0.1, -0.05) is 138 Å². The van der Waals surface area contributed by atoms with Crippen molar-refractivity contribution in [2.45, 2.75) is 122 Å². The Labute approximate surface area is 666 Å². The minimum Gasteiger partial charge on any atom is -0.391 e. The molecular formula is C79H82Cl4F2N12O8S4. The number of aryl methyl sites for hydroxylation is 3. The molecule has 0 saturated carbocycles. The number of amides is 4. The SMILES string of the molecule is Cc1nc(C(CN)NC(=O)C2=CC=C(c3ccc(Cl)c(F)c3)C2)sc1CO.Cc1nc(C(CN)NC(=O)C2=CC=C(c3ccc(Cl)cc3)C2)sc1CO.Cc1nc(C(NC(=O)C2=CC=C(c3ccc(Cl)cc3)C2)C2CCCCN2)sc1CO.NCC(NC(=O)C1=CC=C(c2ccc(Cl)c(F)c2)C1)c1ncc(CO)s1.